The van der Waals surface area contributed by atoms with E-state index in [4.69, 9.17) is 0 Å². The van der Waals surface area contributed by atoms with Crippen LogP contribution in [-0.2, 0) is 11.2 Å². The maximum Gasteiger partial charge on any atom is 0.224 e. The van der Waals surface area contributed by atoms with Gasteiger partial charge in [0.15, 0.2) is 0 Å². The van der Waals surface area contributed by atoms with Gasteiger partial charge in [-0.1, -0.05) is 42.5 Å². The van der Waals surface area contributed by atoms with E-state index >= 15 is 0 Å². The lowest BCUT2D eigenvalue weighted by molar-refractivity contribution is -0.120. The lowest BCUT2D eigenvalue weighted by Crippen LogP contribution is -2.31. The van der Waals surface area contributed by atoms with Crippen molar-refractivity contribution in [2.75, 3.05) is 36.4 Å². The number of fused-ring (bicyclic) bond motifs is 1. The summed E-state index contributed by atoms with van der Waals surface area (Å²) in [6, 6.07) is 16.3. The molecule has 2 aromatic carbocycles. The molecule has 0 aliphatic carbocycles. The van der Waals surface area contributed by atoms with Crippen LogP contribution in [0.2, 0.25) is 0 Å². The van der Waals surface area contributed by atoms with Gasteiger partial charge in [0.1, 0.15) is 5.82 Å². The summed E-state index contributed by atoms with van der Waals surface area (Å²) in [5.41, 5.74) is 2.00. The van der Waals surface area contributed by atoms with E-state index in [0.29, 0.717) is 25.5 Å². The van der Waals surface area contributed by atoms with Crippen molar-refractivity contribution >= 4 is 28.4 Å². The van der Waals surface area contributed by atoms with Crippen LogP contribution < -0.4 is 15.5 Å². The number of hydrogen-bond donors (Lipinski definition) is 2. The number of nitrogens with one attached hydrogen (secondary N) is 2. The fourth-order valence-electron chi connectivity index (χ4n) is 3.97. The Bertz CT molecular complexity index is 1010. The monoisotopic (exact) mass is 403 g/mol. The molecule has 0 saturated carbocycles. The quantitative estimate of drug-likeness (QED) is 0.589. The first-order valence-corrected chi connectivity index (χ1v) is 10.8. The van der Waals surface area contributed by atoms with Crippen molar-refractivity contribution in [2.45, 2.75) is 32.6 Å². The van der Waals surface area contributed by atoms with Crippen LogP contribution in [0.5, 0.6) is 0 Å². The Kier molecular flexibility index (Phi) is 6.42. The van der Waals surface area contributed by atoms with Gasteiger partial charge in [-0.15, -0.1) is 0 Å². The van der Waals surface area contributed by atoms with Gasteiger partial charge in [0, 0.05) is 37.9 Å². The third kappa shape index (κ3) is 5.06. The number of benzene rings is 2. The van der Waals surface area contributed by atoms with Crippen molar-refractivity contribution in [1.29, 1.82) is 0 Å². The van der Waals surface area contributed by atoms with Gasteiger partial charge in [-0.05, 0) is 42.5 Å². The van der Waals surface area contributed by atoms with Crippen LogP contribution in [0.25, 0.3) is 10.8 Å². The van der Waals surface area contributed by atoms with Gasteiger partial charge < -0.3 is 15.5 Å². The largest absolute Gasteiger partial charge is 0.356 e. The van der Waals surface area contributed by atoms with Crippen LogP contribution in [0.4, 0.5) is 11.8 Å². The van der Waals surface area contributed by atoms with Crippen molar-refractivity contribution in [3.8, 4) is 0 Å². The van der Waals surface area contributed by atoms with Crippen molar-refractivity contribution < 1.29 is 4.79 Å². The normalized spacial score (nSPS) is 14.0. The summed E-state index contributed by atoms with van der Waals surface area (Å²) in [7, 11) is 0. The molecule has 1 amide bonds. The molecule has 1 aliphatic heterocycles. The molecular formula is C24H29N5O. The molecule has 0 bridgehead atoms. The molecule has 2 N–H and O–H groups in total. The van der Waals surface area contributed by atoms with Gasteiger partial charge in [0.05, 0.1) is 6.42 Å². The Balaban J connectivity index is 1.28. The van der Waals surface area contributed by atoms with Crippen molar-refractivity contribution in [3.63, 3.8) is 0 Å². The molecule has 156 valence electrons. The zero-order chi connectivity index (χ0) is 20.8. The van der Waals surface area contributed by atoms with E-state index in [1.807, 2.05) is 37.3 Å². The number of carbonyl (C=O) groups is 1. The summed E-state index contributed by atoms with van der Waals surface area (Å²) in [5, 5.41) is 8.53. The molecular weight excluding hydrogens is 374 g/mol. The number of aryl methyl sites for hydroxylation is 1. The number of nitrogens with zero attached hydrogens (tertiary/aromatic N) is 3. The molecule has 0 radical (unpaired) electrons. The predicted molar refractivity (Wildman–Crippen MR) is 122 cm³/mol. The van der Waals surface area contributed by atoms with Crippen molar-refractivity contribution in [1.82, 2.24) is 15.3 Å². The summed E-state index contributed by atoms with van der Waals surface area (Å²) < 4.78 is 0. The third-order valence-corrected chi connectivity index (χ3v) is 5.48. The molecule has 1 fully saturated rings. The molecule has 1 aliphatic rings. The summed E-state index contributed by atoms with van der Waals surface area (Å²) in [6.45, 7) is 5.22. The van der Waals surface area contributed by atoms with Gasteiger partial charge >= 0.3 is 0 Å². The first-order valence-electron chi connectivity index (χ1n) is 10.8. The van der Waals surface area contributed by atoms with E-state index in [2.05, 4.69) is 43.7 Å². The molecule has 3 aromatic rings. The van der Waals surface area contributed by atoms with E-state index in [0.717, 1.165) is 40.9 Å². The standard InChI is InChI=1S/C24H29N5O/c1-18-16-22(29-14-5-2-6-15-29)28-24(27-18)26-13-12-25-23(30)17-20-10-7-9-19-8-3-4-11-21(19)20/h3-4,7-11,16H,2,5-6,12-15,17H2,1H3,(H,25,30)(H,26,27,28). The van der Waals surface area contributed by atoms with Crippen molar-refractivity contribution in [3.05, 3.63) is 59.8 Å². The zero-order valence-corrected chi connectivity index (χ0v) is 17.5. The fraction of sp³-hybridized carbons (Fsp3) is 0.375. The van der Waals surface area contributed by atoms with E-state index in [-0.39, 0.29) is 5.91 Å². The molecule has 1 aromatic heterocycles. The molecule has 0 spiro atoms. The maximum absolute atomic E-state index is 12.4. The molecule has 1 saturated heterocycles. The van der Waals surface area contributed by atoms with Crippen LogP contribution in [0, 0.1) is 6.92 Å². The topological polar surface area (TPSA) is 70.2 Å². The molecule has 6 nitrogen and oxygen atoms in total. The Morgan fingerprint density at radius 3 is 2.67 bits per heavy atom. The molecule has 30 heavy (non-hydrogen) atoms. The van der Waals surface area contributed by atoms with Gasteiger partial charge in [0.25, 0.3) is 0 Å². The van der Waals surface area contributed by atoms with Gasteiger partial charge in [-0.3, -0.25) is 4.79 Å². The number of carbonyl (C=O) groups excluding carboxylic acids is 1. The van der Waals surface area contributed by atoms with Crippen LogP contribution in [0.1, 0.15) is 30.5 Å². The third-order valence-electron chi connectivity index (χ3n) is 5.48. The predicted octanol–water partition coefficient (Wildman–Crippen LogP) is 3.70. The number of hydrogen-bond acceptors (Lipinski definition) is 5. The van der Waals surface area contributed by atoms with E-state index in [1.165, 1.54) is 19.3 Å². The Morgan fingerprint density at radius 2 is 1.80 bits per heavy atom. The Hall–Kier alpha value is -3.15. The number of rotatable bonds is 7. The molecule has 0 unspecified atom stereocenters. The van der Waals surface area contributed by atoms with E-state index in [1.54, 1.807) is 0 Å². The summed E-state index contributed by atoms with van der Waals surface area (Å²) in [5.74, 6) is 1.64. The average Bonchev–Trinajstić information content (AvgIpc) is 2.77. The lowest BCUT2D eigenvalue weighted by Gasteiger charge is -2.28. The van der Waals surface area contributed by atoms with Gasteiger partial charge in [-0.2, -0.15) is 4.98 Å². The number of amides is 1. The minimum absolute atomic E-state index is 0.0207. The minimum atomic E-state index is 0.0207. The second-order valence-corrected chi connectivity index (χ2v) is 7.83. The van der Waals surface area contributed by atoms with E-state index in [9.17, 15) is 4.79 Å². The number of piperidine rings is 1. The van der Waals surface area contributed by atoms with E-state index < -0.39 is 0 Å². The number of aromatic nitrogens is 2. The smallest absolute Gasteiger partial charge is 0.224 e. The van der Waals surface area contributed by atoms with Crippen molar-refractivity contribution in [2.24, 2.45) is 0 Å². The Morgan fingerprint density at radius 1 is 1.00 bits per heavy atom. The maximum atomic E-state index is 12.4. The molecule has 4 rings (SSSR count). The average molecular weight is 404 g/mol. The molecule has 0 atom stereocenters. The Labute approximate surface area is 177 Å². The number of anilines is 2. The second kappa shape index (κ2) is 9.57. The highest BCUT2D eigenvalue weighted by Crippen LogP contribution is 2.20. The van der Waals surface area contributed by atoms with Gasteiger partial charge in [-0.25, -0.2) is 4.98 Å². The SMILES string of the molecule is Cc1cc(N2CCCCC2)nc(NCCNC(=O)Cc2cccc3ccccc23)n1. The highest BCUT2D eigenvalue weighted by Gasteiger charge is 2.14. The van der Waals surface area contributed by atoms with Crippen LogP contribution >= 0.6 is 0 Å². The first kappa shape index (κ1) is 20.1. The van der Waals surface area contributed by atoms with Gasteiger partial charge in [0.2, 0.25) is 11.9 Å². The highest BCUT2D eigenvalue weighted by atomic mass is 16.1. The zero-order valence-electron chi connectivity index (χ0n) is 17.5. The minimum Gasteiger partial charge on any atom is -0.356 e. The molecule has 2 heterocycles. The van der Waals surface area contributed by atoms with Crippen LogP contribution in [0.15, 0.2) is 48.5 Å². The van der Waals surface area contributed by atoms with Crippen LogP contribution in [-0.4, -0.2) is 42.1 Å². The summed E-state index contributed by atoms with van der Waals surface area (Å²) >= 11 is 0. The second-order valence-electron chi connectivity index (χ2n) is 7.83. The lowest BCUT2D eigenvalue weighted by atomic mass is 10.0. The summed E-state index contributed by atoms with van der Waals surface area (Å²) in [4.78, 5) is 23.9. The summed E-state index contributed by atoms with van der Waals surface area (Å²) in [6.07, 6.45) is 4.11. The first-order chi connectivity index (χ1) is 14.7. The molecule has 6 heteroatoms. The fourth-order valence-corrected chi connectivity index (χ4v) is 3.97. The highest BCUT2D eigenvalue weighted by molar-refractivity contribution is 5.90. The van der Waals surface area contributed by atoms with Crippen LogP contribution in [0.3, 0.4) is 0 Å².